The van der Waals surface area contributed by atoms with E-state index in [1.807, 2.05) is 12.1 Å². The van der Waals surface area contributed by atoms with Crippen LogP contribution in [0.3, 0.4) is 0 Å². The molecule has 1 aliphatic heterocycles. The average molecular weight is 392 g/mol. The summed E-state index contributed by atoms with van der Waals surface area (Å²) in [5.74, 6) is -1.15. The van der Waals surface area contributed by atoms with Gasteiger partial charge in [-0.1, -0.05) is 23.7 Å². The zero-order valence-corrected chi connectivity index (χ0v) is 15.0. The van der Waals surface area contributed by atoms with Gasteiger partial charge in [0.15, 0.2) is 11.8 Å². The number of thioether (sulfide) groups is 1. The van der Waals surface area contributed by atoms with Crippen LogP contribution in [0.2, 0.25) is 5.15 Å². The van der Waals surface area contributed by atoms with Gasteiger partial charge >= 0.3 is 5.97 Å². The second kappa shape index (κ2) is 8.20. The monoisotopic (exact) mass is 391 g/mol. The number of amides is 2. The van der Waals surface area contributed by atoms with Crippen LogP contribution in [0.1, 0.15) is 0 Å². The standard InChI is InChI=1S/C17H14ClN3O4S/c18-17-11(4-3-7-19-17)20-14(22)9-25-16(24)8-21-12-5-1-2-6-13(12)26-10-15(21)23/h1-7H,8-10H2,(H,20,22). The molecule has 0 bridgehead atoms. The van der Waals surface area contributed by atoms with E-state index in [0.29, 0.717) is 11.4 Å². The zero-order valence-electron chi connectivity index (χ0n) is 13.5. The van der Waals surface area contributed by atoms with Gasteiger partial charge in [-0.15, -0.1) is 11.8 Å². The summed E-state index contributed by atoms with van der Waals surface area (Å²) in [6, 6.07) is 10.5. The first-order valence-corrected chi connectivity index (χ1v) is 8.99. The number of aromatic nitrogens is 1. The van der Waals surface area contributed by atoms with Crippen molar-refractivity contribution in [2.45, 2.75) is 4.90 Å². The summed E-state index contributed by atoms with van der Waals surface area (Å²) in [4.78, 5) is 42.1. The number of rotatable bonds is 5. The molecule has 0 radical (unpaired) electrons. The van der Waals surface area contributed by atoms with Crippen molar-refractivity contribution in [2.24, 2.45) is 0 Å². The van der Waals surface area contributed by atoms with E-state index in [4.69, 9.17) is 16.3 Å². The lowest BCUT2D eigenvalue weighted by molar-refractivity contribution is -0.146. The lowest BCUT2D eigenvalue weighted by Crippen LogP contribution is -2.40. The summed E-state index contributed by atoms with van der Waals surface area (Å²) in [5, 5.41) is 2.64. The molecule has 9 heteroatoms. The Kier molecular flexibility index (Phi) is 5.75. The van der Waals surface area contributed by atoms with Gasteiger partial charge in [-0.25, -0.2) is 4.98 Å². The third-order valence-corrected chi connectivity index (χ3v) is 4.84. The first kappa shape index (κ1) is 18.2. The Balaban J connectivity index is 1.55. The van der Waals surface area contributed by atoms with E-state index >= 15 is 0 Å². The molecule has 0 fully saturated rings. The minimum Gasteiger partial charge on any atom is -0.454 e. The molecular weight excluding hydrogens is 378 g/mol. The number of anilines is 2. The summed E-state index contributed by atoms with van der Waals surface area (Å²) in [6.07, 6.45) is 1.49. The number of carbonyl (C=O) groups is 3. The first-order valence-electron chi connectivity index (χ1n) is 7.63. The molecule has 2 aromatic rings. The number of nitrogens with zero attached hydrogens (tertiary/aromatic N) is 2. The fourth-order valence-electron chi connectivity index (χ4n) is 2.31. The van der Waals surface area contributed by atoms with E-state index in [1.54, 1.807) is 24.3 Å². The number of hydrogen-bond acceptors (Lipinski definition) is 6. The van der Waals surface area contributed by atoms with E-state index in [2.05, 4.69) is 10.3 Å². The molecule has 0 unspecified atom stereocenters. The van der Waals surface area contributed by atoms with Crippen LogP contribution in [0.15, 0.2) is 47.5 Å². The van der Waals surface area contributed by atoms with Crippen LogP contribution in [-0.2, 0) is 19.1 Å². The van der Waals surface area contributed by atoms with E-state index in [-0.39, 0.29) is 23.4 Å². The number of esters is 1. The zero-order chi connectivity index (χ0) is 18.5. The topological polar surface area (TPSA) is 88.6 Å². The van der Waals surface area contributed by atoms with Crippen LogP contribution in [0, 0.1) is 0 Å². The molecule has 0 aliphatic carbocycles. The Morgan fingerprint density at radius 1 is 1.27 bits per heavy atom. The number of para-hydroxylation sites is 1. The van der Waals surface area contributed by atoms with Crippen LogP contribution in [0.25, 0.3) is 0 Å². The van der Waals surface area contributed by atoms with Crippen molar-refractivity contribution < 1.29 is 19.1 Å². The summed E-state index contributed by atoms with van der Waals surface area (Å²) in [6.45, 7) is -0.736. The highest BCUT2D eigenvalue weighted by molar-refractivity contribution is 8.00. The number of pyridine rings is 1. The molecule has 7 nitrogen and oxygen atoms in total. The summed E-state index contributed by atoms with van der Waals surface area (Å²) >= 11 is 7.27. The number of carbonyl (C=O) groups excluding carboxylic acids is 3. The molecule has 1 aromatic carbocycles. The van der Waals surface area contributed by atoms with Gasteiger partial charge in [0, 0.05) is 11.1 Å². The van der Waals surface area contributed by atoms with Gasteiger partial charge in [0.25, 0.3) is 5.91 Å². The molecule has 2 heterocycles. The van der Waals surface area contributed by atoms with E-state index in [0.717, 1.165) is 4.90 Å². The van der Waals surface area contributed by atoms with Gasteiger partial charge in [-0.3, -0.25) is 19.3 Å². The molecule has 134 valence electrons. The fraction of sp³-hybridized carbons (Fsp3) is 0.176. The molecule has 0 saturated carbocycles. The minimum absolute atomic E-state index is 0.139. The second-order valence-electron chi connectivity index (χ2n) is 5.29. The van der Waals surface area contributed by atoms with Gasteiger partial charge in [0.1, 0.15) is 6.54 Å². The normalized spacial score (nSPS) is 13.1. The molecule has 26 heavy (non-hydrogen) atoms. The van der Waals surface area contributed by atoms with Crippen LogP contribution >= 0.6 is 23.4 Å². The first-order chi connectivity index (χ1) is 12.5. The Hall–Kier alpha value is -2.58. The van der Waals surface area contributed by atoms with Crippen LogP contribution in [0.4, 0.5) is 11.4 Å². The van der Waals surface area contributed by atoms with Crippen molar-refractivity contribution >= 4 is 52.5 Å². The Bertz CT molecular complexity index is 861. The maximum absolute atomic E-state index is 12.1. The average Bonchev–Trinajstić information content (AvgIpc) is 2.64. The number of benzene rings is 1. The van der Waals surface area contributed by atoms with Gasteiger partial charge in [0.05, 0.1) is 17.1 Å². The largest absolute Gasteiger partial charge is 0.454 e. The van der Waals surface area contributed by atoms with Crippen molar-refractivity contribution in [1.29, 1.82) is 0 Å². The smallest absolute Gasteiger partial charge is 0.326 e. The predicted molar refractivity (Wildman–Crippen MR) is 98.4 cm³/mol. The SMILES string of the molecule is O=C(COC(=O)CN1C(=O)CSc2ccccc21)Nc1cccnc1Cl. The minimum atomic E-state index is -0.674. The third kappa shape index (κ3) is 4.33. The maximum Gasteiger partial charge on any atom is 0.326 e. The summed E-state index contributed by atoms with van der Waals surface area (Å²) in [7, 11) is 0. The van der Waals surface area contributed by atoms with E-state index < -0.39 is 18.5 Å². The number of halogens is 1. The molecule has 3 rings (SSSR count). The maximum atomic E-state index is 12.1. The van der Waals surface area contributed by atoms with Gasteiger partial charge < -0.3 is 10.1 Å². The van der Waals surface area contributed by atoms with Crippen LogP contribution < -0.4 is 10.2 Å². The second-order valence-corrected chi connectivity index (χ2v) is 6.66. The molecule has 0 spiro atoms. The molecule has 0 saturated heterocycles. The Labute approximate surface area is 158 Å². The molecule has 0 atom stereocenters. The number of nitrogens with one attached hydrogen (secondary N) is 1. The number of hydrogen-bond donors (Lipinski definition) is 1. The van der Waals surface area contributed by atoms with Gasteiger partial charge in [0.2, 0.25) is 5.91 Å². The molecular formula is C17H14ClN3O4S. The highest BCUT2D eigenvalue weighted by Crippen LogP contribution is 2.34. The van der Waals surface area contributed by atoms with Gasteiger partial charge in [-0.05, 0) is 24.3 Å². The van der Waals surface area contributed by atoms with Crippen molar-refractivity contribution in [2.75, 3.05) is 29.1 Å². The quantitative estimate of drug-likeness (QED) is 0.621. The number of fused-ring (bicyclic) bond motifs is 1. The van der Waals surface area contributed by atoms with Crippen LogP contribution in [-0.4, -0.2) is 41.7 Å². The molecule has 1 N–H and O–H groups in total. The highest BCUT2D eigenvalue weighted by Gasteiger charge is 2.26. The van der Waals surface area contributed by atoms with E-state index in [9.17, 15) is 14.4 Å². The third-order valence-electron chi connectivity index (χ3n) is 3.49. The van der Waals surface area contributed by atoms with Crippen molar-refractivity contribution in [1.82, 2.24) is 4.98 Å². The lowest BCUT2D eigenvalue weighted by atomic mass is 10.2. The molecule has 1 aromatic heterocycles. The van der Waals surface area contributed by atoms with Crippen molar-refractivity contribution in [3.05, 3.63) is 47.7 Å². The van der Waals surface area contributed by atoms with Crippen LogP contribution in [0.5, 0.6) is 0 Å². The van der Waals surface area contributed by atoms with Crippen molar-refractivity contribution in [3.8, 4) is 0 Å². The molecule has 1 aliphatic rings. The highest BCUT2D eigenvalue weighted by atomic mass is 35.5. The van der Waals surface area contributed by atoms with Crippen molar-refractivity contribution in [3.63, 3.8) is 0 Å². The number of ether oxygens (including phenoxy) is 1. The molecule has 2 amide bonds. The predicted octanol–water partition coefficient (Wildman–Crippen LogP) is 2.36. The fourth-order valence-corrected chi connectivity index (χ4v) is 3.42. The van der Waals surface area contributed by atoms with Gasteiger partial charge in [-0.2, -0.15) is 0 Å². The Morgan fingerprint density at radius 3 is 2.88 bits per heavy atom. The summed E-state index contributed by atoms with van der Waals surface area (Å²) in [5.41, 5.74) is 0.990. The Morgan fingerprint density at radius 2 is 2.08 bits per heavy atom. The van der Waals surface area contributed by atoms with E-state index in [1.165, 1.54) is 22.9 Å². The lowest BCUT2D eigenvalue weighted by Gasteiger charge is -2.27. The summed E-state index contributed by atoms with van der Waals surface area (Å²) < 4.78 is 4.97.